The molecule has 160 valence electrons. The number of nitrogens with zero attached hydrogens (tertiary/aromatic N) is 2. The maximum Gasteiger partial charge on any atom is 0.253 e. The molecule has 0 atom stereocenters. The van der Waals surface area contributed by atoms with E-state index in [9.17, 15) is 9.18 Å². The third kappa shape index (κ3) is 4.06. The number of carbonyl (C=O) groups excluding carboxylic acids is 1. The first kappa shape index (κ1) is 20.2. The van der Waals surface area contributed by atoms with Gasteiger partial charge in [-0.2, -0.15) is 0 Å². The van der Waals surface area contributed by atoms with Gasteiger partial charge < -0.3 is 9.88 Å². The maximum atomic E-state index is 14.0. The van der Waals surface area contributed by atoms with Crippen molar-refractivity contribution in [2.24, 2.45) is 0 Å². The minimum atomic E-state index is -0.262. The second-order valence-corrected chi connectivity index (χ2v) is 8.17. The monoisotopic (exact) mass is 425 g/mol. The average molecular weight is 426 g/mol. The highest BCUT2D eigenvalue weighted by Gasteiger charge is 2.26. The number of imidazole rings is 1. The number of halogens is 1. The third-order valence-corrected chi connectivity index (χ3v) is 6.17. The van der Waals surface area contributed by atoms with Gasteiger partial charge in [0.25, 0.3) is 5.91 Å². The quantitative estimate of drug-likeness (QED) is 0.442. The van der Waals surface area contributed by atoms with Crippen LogP contribution in [0.5, 0.6) is 0 Å². The summed E-state index contributed by atoms with van der Waals surface area (Å²) < 4.78 is 14.0. The molecule has 3 aromatic carbocycles. The number of likely N-dealkylation sites (tertiary alicyclic amines) is 1. The number of H-pyrrole nitrogens is 1. The standard InChI is InChI=1S/C27H24FN3O/c28-24-9-5-4-8-23(24)19-10-12-22(13-11-19)27(32)31-16-14-21(15-17-31)26-29-18-25(30-26)20-6-2-1-3-7-20/h1-13,18,21H,14-17H2,(H,29,30). The van der Waals surface area contributed by atoms with E-state index in [0.29, 0.717) is 30.1 Å². The summed E-state index contributed by atoms with van der Waals surface area (Å²) in [6.45, 7) is 1.39. The van der Waals surface area contributed by atoms with Gasteiger partial charge in [0, 0.05) is 30.1 Å². The Morgan fingerprint density at radius 3 is 2.28 bits per heavy atom. The van der Waals surface area contributed by atoms with Gasteiger partial charge in [0.2, 0.25) is 0 Å². The first-order valence-electron chi connectivity index (χ1n) is 10.9. The van der Waals surface area contributed by atoms with E-state index in [2.05, 4.69) is 22.1 Å². The van der Waals surface area contributed by atoms with Crippen molar-refractivity contribution in [3.63, 3.8) is 0 Å². The SMILES string of the molecule is O=C(c1ccc(-c2ccccc2F)cc1)N1CCC(c2ncc(-c3ccccc3)[nH]2)CC1. The Kier molecular flexibility index (Phi) is 5.55. The van der Waals surface area contributed by atoms with E-state index in [0.717, 1.165) is 35.5 Å². The minimum Gasteiger partial charge on any atom is -0.342 e. The molecule has 32 heavy (non-hydrogen) atoms. The number of aromatic nitrogens is 2. The summed E-state index contributed by atoms with van der Waals surface area (Å²) in [7, 11) is 0. The lowest BCUT2D eigenvalue weighted by atomic mass is 9.95. The Morgan fingerprint density at radius 2 is 1.56 bits per heavy atom. The summed E-state index contributed by atoms with van der Waals surface area (Å²) >= 11 is 0. The van der Waals surface area contributed by atoms with Crippen LogP contribution in [0.1, 0.15) is 34.9 Å². The number of carbonyl (C=O) groups is 1. The van der Waals surface area contributed by atoms with Crippen LogP contribution in [0.3, 0.4) is 0 Å². The number of amides is 1. The van der Waals surface area contributed by atoms with Gasteiger partial charge in [0.1, 0.15) is 11.6 Å². The molecule has 1 aliphatic heterocycles. The van der Waals surface area contributed by atoms with Gasteiger partial charge in [-0.25, -0.2) is 9.37 Å². The molecule has 0 unspecified atom stereocenters. The van der Waals surface area contributed by atoms with Crippen molar-refractivity contribution in [2.45, 2.75) is 18.8 Å². The zero-order chi connectivity index (χ0) is 21.9. The Labute approximate surface area is 186 Å². The van der Waals surface area contributed by atoms with Gasteiger partial charge >= 0.3 is 0 Å². The molecule has 4 aromatic rings. The molecule has 1 N–H and O–H groups in total. The van der Waals surface area contributed by atoms with Gasteiger partial charge in [0.05, 0.1) is 11.9 Å². The zero-order valence-corrected chi connectivity index (χ0v) is 17.7. The van der Waals surface area contributed by atoms with Crippen molar-refractivity contribution in [1.29, 1.82) is 0 Å². The van der Waals surface area contributed by atoms with Crippen molar-refractivity contribution in [3.8, 4) is 22.4 Å². The van der Waals surface area contributed by atoms with Crippen molar-refractivity contribution in [2.75, 3.05) is 13.1 Å². The highest BCUT2D eigenvalue weighted by molar-refractivity contribution is 5.94. The van der Waals surface area contributed by atoms with Gasteiger partial charge in [-0.15, -0.1) is 0 Å². The third-order valence-electron chi connectivity index (χ3n) is 6.17. The van der Waals surface area contributed by atoms with Crippen LogP contribution in [-0.2, 0) is 0 Å². The van der Waals surface area contributed by atoms with Gasteiger partial charge in [0.15, 0.2) is 0 Å². The summed E-state index contributed by atoms with van der Waals surface area (Å²) in [5.41, 5.74) is 4.09. The molecule has 1 amide bonds. The van der Waals surface area contributed by atoms with Crippen LogP contribution in [0.25, 0.3) is 22.4 Å². The van der Waals surface area contributed by atoms with Crippen molar-refractivity contribution in [3.05, 3.63) is 102 Å². The van der Waals surface area contributed by atoms with Crippen LogP contribution in [0.4, 0.5) is 4.39 Å². The molecule has 5 rings (SSSR count). The Bertz CT molecular complexity index is 1210. The summed E-state index contributed by atoms with van der Waals surface area (Å²) in [6, 6.07) is 24.0. The molecule has 0 radical (unpaired) electrons. The molecule has 2 heterocycles. The Hall–Kier alpha value is -3.73. The molecule has 1 aromatic heterocycles. The van der Waals surface area contributed by atoms with Gasteiger partial charge in [-0.1, -0.05) is 60.7 Å². The van der Waals surface area contributed by atoms with E-state index in [1.807, 2.05) is 47.5 Å². The number of rotatable bonds is 4. The highest BCUT2D eigenvalue weighted by atomic mass is 19.1. The molecule has 0 saturated carbocycles. The smallest absolute Gasteiger partial charge is 0.253 e. The summed E-state index contributed by atoms with van der Waals surface area (Å²) in [4.78, 5) is 22.9. The molecule has 0 spiro atoms. The highest BCUT2D eigenvalue weighted by Crippen LogP contribution is 2.29. The molecule has 0 aliphatic carbocycles. The number of aromatic amines is 1. The number of benzene rings is 3. The predicted molar refractivity (Wildman–Crippen MR) is 124 cm³/mol. The number of nitrogens with one attached hydrogen (secondary N) is 1. The van der Waals surface area contributed by atoms with Crippen LogP contribution >= 0.6 is 0 Å². The number of hydrogen-bond donors (Lipinski definition) is 1. The van der Waals surface area contributed by atoms with Gasteiger partial charge in [-0.3, -0.25) is 4.79 Å². The molecule has 4 nitrogen and oxygen atoms in total. The van der Waals surface area contributed by atoms with Crippen LogP contribution in [-0.4, -0.2) is 33.9 Å². The van der Waals surface area contributed by atoms with E-state index >= 15 is 0 Å². The van der Waals surface area contributed by atoms with Crippen LogP contribution in [0.15, 0.2) is 85.1 Å². The molecular weight excluding hydrogens is 401 g/mol. The van der Waals surface area contributed by atoms with Crippen molar-refractivity contribution < 1.29 is 9.18 Å². The molecule has 1 fully saturated rings. The topological polar surface area (TPSA) is 49.0 Å². The molecule has 0 bridgehead atoms. The summed E-state index contributed by atoms with van der Waals surface area (Å²) in [5.74, 6) is 1.07. The normalized spacial score (nSPS) is 14.5. The lowest BCUT2D eigenvalue weighted by Crippen LogP contribution is -2.38. The molecule has 5 heteroatoms. The first-order chi connectivity index (χ1) is 15.7. The summed E-state index contributed by atoms with van der Waals surface area (Å²) in [6.07, 6.45) is 3.64. The fraction of sp³-hybridized carbons (Fsp3) is 0.185. The second kappa shape index (κ2) is 8.79. The van der Waals surface area contributed by atoms with Crippen LogP contribution < -0.4 is 0 Å². The summed E-state index contributed by atoms with van der Waals surface area (Å²) in [5, 5.41) is 0. The Balaban J connectivity index is 1.22. The van der Waals surface area contributed by atoms with E-state index in [4.69, 9.17) is 0 Å². The molecule has 1 aliphatic rings. The molecular formula is C27H24FN3O. The van der Waals surface area contributed by atoms with E-state index in [1.54, 1.807) is 24.3 Å². The Morgan fingerprint density at radius 1 is 0.875 bits per heavy atom. The zero-order valence-electron chi connectivity index (χ0n) is 17.7. The fourth-order valence-corrected chi connectivity index (χ4v) is 4.33. The molecule has 1 saturated heterocycles. The van der Waals surface area contributed by atoms with Gasteiger partial charge in [-0.05, 0) is 42.2 Å². The second-order valence-electron chi connectivity index (χ2n) is 8.17. The predicted octanol–water partition coefficient (Wildman–Crippen LogP) is 5.90. The average Bonchev–Trinajstić information content (AvgIpc) is 3.35. The first-order valence-corrected chi connectivity index (χ1v) is 10.9. The number of hydrogen-bond acceptors (Lipinski definition) is 2. The van der Waals surface area contributed by atoms with Crippen molar-refractivity contribution >= 4 is 5.91 Å². The largest absolute Gasteiger partial charge is 0.342 e. The fourth-order valence-electron chi connectivity index (χ4n) is 4.33. The van der Waals surface area contributed by atoms with Crippen LogP contribution in [0.2, 0.25) is 0 Å². The van der Waals surface area contributed by atoms with Crippen molar-refractivity contribution in [1.82, 2.24) is 14.9 Å². The lowest BCUT2D eigenvalue weighted by molar-refractivity contribution is 0.0711. The van der Waals surface area contributed by atoms with E-state index < -0.39 is 0 Å². The van der Waals surface area contributed by atoms with E-state index in [1.165, 1.54) is 6.07 Å². The van der Waals surface area contributed by atoms with Crippen LogP contribution in [0, 0.1) is 5.82 Å². The minimum absolute atomic E-state index is 0.0213. The van der Waals surface area contributed by atoms with E-state index in [-0.39, 0.29) is 11.7 Å². The number of piperidine rings is 1. The maximum absolute atomic E-state index is 14.0. The lowest BCUT2D eigenvalue weighted by Gasteiger charge is -2.31.